The zero-order chi connectivity index (χ0) is 20.4. The van der Waals surface area contributed by atoms with Crippen molar-refractivity contribution in [2.24, 2.45) is 0 Å². The quantitative estimate of drug-likeness (QED) is 0.495. The van der Waals surface area contributed by atoms with Crippen LogP contribution in [-0.4, -0.2) is 29.3 Å². The minimum absolute atomic E-state index is 0.000859. The molecule has 0 aliphatic carbocycles. The molecule has 0 saturated heterocycles. The number of esters is 1. The monoisotopic (exact) mass is 385 g/mol. The van der Waals surface area contributed by atoms with Crippen LogP contribution in [0.4, 0.5) is 4.79 Å². The van der Waals surface area contributed by atoms with Crippen molar-refractivity contribution in [3.05, 3.63) is 71.8 Å². The van der Waals surface area contributed by atoms with Crippen molar-refractivity contribution in [3.63, 3.8) is 0 Å². The maximum absolute atomic E-state index is 12.4. The van der Waals surface area contributed by atoms with Crippen molar-refractivity contribution < 1.29 is 23.9 Å². The van der Waals surface area contributed by atoms with Crippen LogP contribution < -0.4 is 0 Å². The Morgan fingerprint density at radius 1 is 0.857 bits per heavy atom. The molecule has 0 aromatic heterocycles. The van der Waals surface area contributed by atoms with Crippen molar-refractivity contribution in [2.75, 3.05) is 6.54 Å². The molecule has 0 saturated carbocycles. The first-order valence-electron chi connectivity index (χ1n) is 9.20. The lowest BCUT2D eigenvalue weighted by Crippen LogP contribution is -2.38. The Balaban J connectivity index is 1.88. The van der Waals surface area contributed by atoms with E-state index in [2.05, 4.69) is 0 Å². The molecule has 6 heteroatoms. The van der Waals surface area contributed by atoms with Crippen molar-refractivity contribution in [3.8, 4) is 0 Å². The molecular weight excluding hydrogens is 358 g/mol. The van der Waals surface area contributed by atoms with E-state index >= 15 is 0 Å². The van der Waals surface area contributed by atoms with Crippen LogP contribution in [-0.2, 0) is 32.3 Å². The number of hydroxylamine groups is 2. The molecule has 0 aliphatic rings. The Morgan fingerprint density at radius 2 is 1.39 bits per heavy atom. The van der Waals surface area contributed by atoms with Gasteiger partial charge in [0.1, 0.15) is 18.8 Å². The Morgan fingerprint density at radius 3 is 1.93 bits per heavy atom. The Hall–Kier alpha value is -2.86. The van der Waals surface area contributed by atoms with Gasteiger partial charge < -0.3 is 9.47 Å². The normalized spacial score (nSPS) is 11.0. The van der Waals surface area contributed by atoms with Gasteiger partial charge in [-0.05, 0) is 31.9 Å². The van der Waals surface area contributed by atoms with Gasteiger partial charge in [-0.2, -0.15) is 5.06 Å². The molecule has 0 fully saturated rings. The summed E-state index contributed by atoms with van der Waals surface area (Å²) in [7, 11) is 0. The number of benzene rings is 2. The van der Waals surface area contributed by atoms with Crippen LogP contribution in [0.25, 0.3) is 0 Å². The van der Waals surface area contributed by atoms with Crippen molar-refractivity contribution >= 4 is 12.1 Å². The second-order valence-electron chi connectivity index (χ2n) is 7.24. The van der Waals surface area contributed by atoms with E-state index in [-0.39, 0.29) is 26.2 Å². The van der Waals surface area contributed by atoms with Crippen molar-refractivity contribution in [1.82, 2.24) is 5.06 Å². The molecule has 6 nitrogen and oxygen atoms in total. The van der Waals surface area contributed by atoms with Gasteiger partial charge in [0, 0.05) is 0 Å². The Labute approximate surface area is 166 Å². The van der Waals surface area contributed by atoms with E-state index in [1.54, 1.807) is 20.8 Å². The molecule has 2 rings (SSSR count). The number of hydrogen-bond acceptors (Lipinski definition) is 5. The van der Waals surface area contributed by atoms with Crippen LogP contribution in [0.5, 0.6) is 0 Å². The summed E-state index contributed by atoms with van der Waals surface area (Å²) in [6.07, 6.45) is -0.639. The average molecular weight is 385 g/mol. The number of hydrogen-bond donors (Lipinski definition) is 0. The Kier molecular flexibility index (Phi) is 8.02. The van der Waals surface area contributed by atoms with E-state index < -0.39 is 17.7 Å². The van der Waals surface area contributed by atoms with Crippen LogP contribution in [0.3, 0.4) is 0 Å². The summed E-state index contributed by atoms with van der Waals surface area (Å²) in [6, 6.07) is 18.9. The molecule has 0 heterocycles. The summed E-state index contributed by atoms with van der Waals surface area (Å²) in [4.78, 5) is 30.0. The zero-order valence-electron chi connectivity index (χ0n) is 16.6. The second-order valence-corrected chi connectivity index (χ2v) is 7.24. The highest BCUT2D eigenvalue weighted by Gasteiger charge is 2.24. The van der Waals surface area contributed by atoms with E-state index in [9.17, 15) is 9.59 Å². The highest BCUT2D eigenvalue weighted by molar-refractivity contribution is 5.71. The van der Waals surface area contributed by atoms with Gasteiger partial charge in [-0.1, -0.05) is 60.7 Å². The molecule has 0 N–H and O–H groups in total. The zero-order valence-corrected chi connectivity index (χ0v) is 16.6. The molecule has 0 bridgehead atoms. The van der Waals surface area contributed by atoms with Crippen molar-refractivity contribution in [2.45, 2.75) is 46.0 Å². The lowest BCUT2D eigenvalue weighted by atomic mass is 10.2. The third-order valence-corrected chi connectivity index (χ3v) is 3.59. The minimum atomic E-state index is -0.667. The highest BCUT2D eigenvalue weighted by atomic mass is 16.7. The first-order chi connectivity index (χ1) is 13.3. The second kappa shape index (κ2) is 10.5. The van der Waals surface area contributed by atoms with Gasteiger partial charge in [0.05, 0.1) is 13.0 Å². The summed E-state index contributed by atoms with van der Waals surface area (Å²) < 4.78 is 10.6. The minimum Gasteiger partial charge on any atom is -0.461 e. The number of rotatable bonds is 8. The molecule has 0 aliphatic heterocycles. The fourth-order valence-electron chi connectivity index (χ4n) is 2.25. The van der Waals surface area contributed by atoms with E-state index in [1.807, 2.05) is 60.7 Å². The van der Waals surface area contributed by atoms with Crippen LogP contribution in [0.15, 0.2) is 60.7 Å². The topological polar surface area (TPSA) is 65.1 Å². The fraction of sp³-hybridized carbons (Fsp3) is 0.364. The molecule has 1 amide bonds. The van der Waals surface area contributed by atoms with Crippen LogP contribution in [0, 0.1) is 0 Å². The smallest absolute Gasteiger partial charge is 0.434 e. The van der Waals surface area contributed by atoms with Crippen LogP contribution in [0.1, 0.15) is 38.3 Å². The standard InChI is InChI=1S/C22H27NO5/c1-22(2,3)28-21(25)23(27-17-19-12-8-5-9-13-19)15-14-20(24)26-16-18-10-6-4-7-11-18/h4-13H,14-17H2,1-3H3. The maximum atomic E-state index is 12.4. The lowest BCUT2D eigenvalue weighted by molar-refractivity contribution is -0.164. The first-order valence-corrected chi connectivity index (χ1v) is 9.20. The number of nitrogens with zero attached hydrogens (tertiary/aromatic N) is 1. The van der Waals surface area contributed by atoms with Gasteiger partial charge >= 0.3 is 12.1 Å². The number of carbonyl (C=O) groups excluding carboxylic acids is 2. The van der Waals surface area contributed by atoms with Crippen LogP contribution in [0.2, 0.25) is 0 Å². The van der Waals surface area contributed by atoms with Crippen molar-refractivity contribution in [1.29, 1.82) is 0 Å². The number of amides is 1. The molecule has 0 atom stereocenters. The summed E-state index contributed by atoms with van der Waals surface area (Å²) in [6.45, 7) is 5.74. The molecule has 150 valence electrons. The summed E-state index contributed by atoms with van der Waals surface area (Å²) in [5.41, 5.74) is 1.14. The molecule has 0 radical (unpaired) electrons. The summed E-state index contributed by atoms with van der Waals surface area (Å²) >= 11 is 0. The van der Waals surface area contributed by atoms with E-state index in [0.29, 0.717) is 0 Å². The molecule has 2 aromatic carbocycles. The maximum Gasteiger partial charge on any atom is 0.434 e. The molecular formula is C22H27NO5. The number of ether oxygens (including phenoxy) is 2. The van der Waals surface area contributed by atoms with Gasteiger partial charge in [0.2, 0.25) is 0 Å². The molecule has 0 spiro atoms. The molecule has 2 aromatic rings. The summed E-state index contributed by atoms with van der Waals surface area (Å²) in [5.74, 6) is -0.416. The average Bonchev–Trinajstić information content (AvgIpc) is 2.66. The third kappa shape index (κ3) is 8.22. The lowest BCUT2D eigenvalue weighted by Gasteiger charge is -2.26. The number of carbonyl (C=O) groups is 2. The summed E-state index contributed by atoms with van der Waals surface area (Å²) in [5, 5.41) is 1.07. The highest BCUT2D eigenvalue weighted by Crippen LogP contribution is 2.12. The predicted octanol–water partition coefficient (Wildman–Crippen LogP) is 4.49. The molecule has 28 heavy (non-hydrogen) atoms. The van der Waals surface area contributed by atoms with E-state index in [4.69, 9.17) is 14.3 Å². The fourth-order valence-corrected chi connectivity index (χ4v) is 2.25. The van der Waals surface area contributed by atoms with Gasteiger partial charge in [-0.25, -0.2) is 4.79 Å². The van der Waals surface area contributed by atoms with E-state index in [1.165, 1.54) is 0 Å². The third-order valence-electron chi connectivity index (χ3n) is 3.59. The largest absolute Gasteiger partial charge is 0.461 e. The first kappa shape index (κ1) is 21.4. The molecule has 0 unspecified atom stereocenters. The van der Waals surface area contributed by atoms with Gasteiger partial charge in [-0.3, -0.25) is 9.63 Å². The van der Waals surface area contributed by atoms with Gasteiger partial charge in [0.25, 0.3) is 0 Å². The van der Waals surface area contributed by atoms with Gasteiger partial charge in [-0.15, -0.1) is 0 Å². The van der Waals surface area contributed by atoms with Crippen LogP contribution >= 0.6 is 0 Å². The SMILES string of the molecule is CC(C)(C)OC(=O)N(CCC(=O)OCc1ccccc1)OCc1ccccc1. The Bertz CT molecular complexity index is 741. The van der Waals surface area contributed by atoms with Gasteiger partial charge in [0.15, 0.2) is 0 Å². The predicted molar refractivity (Wildman–Crippen MR) is 105 cm³/mol. The van der Waals surface area contributed by atoms with E-state index in [0.717, 1.165) is 16.2 Å².